The van der Waals surface area contributed by atoms with E-state index < -0.39 is 0 Å². The highest BCUT2D eigenvalue weighted by Crippen LogP contribution is 2.21. The van der Waals surface area contributed by atoms with E-state index in [0.29, 0.717) is 43.7 Å². The van der Waals surface area contributed by atoms with Gasteiger partial charge in [-0.25, -0.2) is 9.97 Å². The predicted molar refractivity (Wildman–Crippen MR) is 111 cm³/mol. The number of carbonyl (C=O) groups is 2. The molecule has 30 heavy (non-hydrogen) atoms. The average molecular weight is 434 g/mol. The highest BCUT2D eigenvalue weighted by molar-refractivity contribution is 6.33. The van der Waals surface area contributed by atoms with Gasteiger partial charge in [0.25, 0.3) is 5.91 Å². The van der Waals surface area contributed by atoms with Crippen LogP contribution in [0.4, 0.5) is 11.8 Å². The number of hydrogen-bond donors (Lipinski definition) is 1. The van der Waals surface area contributed by atoms with Crippen LogP contribution in [0.5, 0.6) is 0 Å². The van der Waals surface area contributed by atoms with Crippen molar-refractivity contribution in [2.45, 2.75) is 19.8 Å². The van der Waals surface area contributed by atoms with Crippen LogP contribution in [0.1, 0.15) is 29.1 Å². The summed E-state index contributed by atoms with van der Waals surface area (Å²) >= 11 is 6.23. The van der Waals surface area contributed by atoms with Gasteiger partial charge in [0.15, 0.2) is 11.5 Å². The highest BCUT2D eigenvalue weighted by Gasteiger charge is 2.27. The zero-order valence-corrected chi connectivity index (χ0v) is 17.6. The molecule has 4 rings (SSSR count). The van der Waals surface area contributed by atoms with Crippen LogP contribution in [0.25, 0.3) is 0 Å². The maximum atomic E-state index is 13.0. The molecule has 2 amide bonds. The van der Waals surface area contributed by atoms with E-state index in [0.717, 1.165) is 25.9 Å². The summed E-state index contributed by atoms with van der Waals surface area (Å²) in [6.45, 7) is 5.92. The number of anilines is 2. The van der Waals surface area contributed by atoms with Crippen LogP contribution in [0.15, 0.2) is 16.8 Å². The lowest BCUT2D eigenvalue weighted by atomic mass is 10.2. The number of amides is 2. The number of nitrogens with one attached hydrogen (secondary N) is 1. The van der Waals surface area contributed by atoms with Gasteiger partial charge in [-0.15, -0.1) is 0 Å². The fourth-order valence-electron chi connectivity index (χ4n) is 3.65. The molecule has 0 aliphatic carbocycles. The van der Waals surface area contributed by atoms with Crippen LogP contribution < -0.4 is 10.2 Å². The minimum absolute atomic E-state index is 0.169. The van der Waals surface area contributed by atoms with E-state index in [1.165, 1.54) is 6.20 Å². The van der Waals surface area contributed by atoms with Crippen LogP contribution in [-0.2, 0) is 4.79 Å². The smallest absolute Gasteiger partial charge is 0.274 e. The van der Waals surface area contributed by atoms with E-state index in [-0.39, 0.29) is 29.1 Å². The van der Waals surface area contributed by atoms with Crippen LogP contribution in [0.3, 0.4) is 0 Å². The monoisotopic (exact) mass is 433 g/mol. The first kappa shape index (κ1) is 20.5. The van der Waals surface area contributed by atoms with Crippen molar-refractivity contribution in [1.82, 2.24) is 24.9 Å². The van der Waals surface area contributed by atoms with Crippen molar-refractivity contribution in [3.05, 3.63) is 28.7 Å². The summed E-state index contributed by atoms with van der Waals surface area (Å²) < 4.78 is 4.94. The SMILES string of the molecule is Cc1cc(NC(=O)CN2CCN(C(=O)c3nc(N4CCCC4)ncc3Cl)CC2)no1. The summed E-state index contributed by atoms with van der Waals surface area (Å²) in [5, 5.41) is 6.72. The molecule has 11 heteroatoms. The molecule has 1 N–H and O–H groups in total. The molecule has 2 aromatic heterocycles. The van der Waals surface area contributed by atoms with E-state index in [2.05, 4.69) is 25.3 Å². The van der Waals surface area contributed by atoms with Crippen LogP contribution in [0.2, 0.25) is 5.02 Å². The Hall–Kier alpha value is -2.72. The van der Waals surface area contributed by atoms with Crippen LogP contribution in [-0.4, -0.2) is 82.6 Å². The molecule has 2 fully saturated rings. The zero-order chi connectivity index (χ0) is 21.1. The number of aryl methyl sites for hydroxylation is 1. The lowest BCUT2D eigenvalue weighted by Crippen LogP contribution is -2.50. The van der Waals surface area contributed by atoms with Gasteiger partial charge < -0.3 is 19.6 Å². The Bertz CT molecular complexity index is 921. The quantitative estimate of drug-likeness (QED) is 0.754. The van der Waals surface area contributed by atoms with Gasteiger partial charge in [0.2, 0.25) is 11.9 Å². The van der Waals surface area contributed by atoms with Crippen molar-refractivity contribution in [2.24, 2.45) is 0 Å². The summed E-state index contributed by atoms with van der Waals surface area (Å²) in [6, 6.07) is 1.66. The van der Waals surface area contributed by atoms with Gasteiger partial charge >= 0.3 is 0 Å². The molecule has 0 unspecified atom stereocenters. The molecule has 2 aliphatic rings. The van der Waals surface area contributed by atoms with Gasteiger partial charge in [-0.2, -0.15) is 0 Å². The van der Waals surface area contributed by atoms with Gasteiger partial charge in [0, 0.05) is 45.3 Å². The van der Waals surface area contributed by atoms with Gasteiger partial charge in [0.05, 0.1) is 17.8 Å². The third-order valence-corrected chi connectivity index (χ3v) is 5.52. The van der Waals surface area contributed by atoms with Crippen molar-refractivity contribution < 1.29 is 14.1 Å². The average Bonchev–Trinajstić information content (AvgIpc) is 3.40. The number of piperazine rings is 1. The second kappa shape index (κ2) is 8.97. The Morgan fingerprint density at radius 3 is 2.57 bits per heavy atom. The summed E-state index contributed by atoms with van der Waals surface area (Å²) in [5.41, 5.74) is 0.237. The number of aromatic nitrogens is 3. The maximum absolute atomic E-state index is 13.0. The molecular formula is C19H24ClN7O3. The van der Waals surface area contributed by atoms with E-state index in [4.69, 9.17) is 16.1 Å². The number of halogens is 1. The molecular weight excluding hydrogens is 410 g/mol. The third kappa shape index (κ3) is 4.71. The summed E-state index contributed by atoms with van der Waals surface area (Å²) in [7, 11) is 0. The standard InChI is InChI=1S/C19H24ClN7O3/c1-13-10-15(24-30-13)22-16(28)12-25-6-8-26(9-7-25)18(29)17-14(20)11-21-19(23-17)27-4-2-3-5-27/h10-11H,2-9,12H2,1H3,(H,22,24,28). The zero-order valence-electron chi connectivity index (χ0n) is 16.8. The van der Waals surface area contributed by atoms with Gasteiger partial charge in [0.1, 0.15) is 5.76 Å². The highest BCUT2D eigenvalue weighted by atomic mass is 35.5. The molecule has 0 bridgehead atoms. The number of carbonyl (C=O) groups excluding carboxylic acids is 2. The molecule has 0 spiro atoms. The Balaban J connectivity index is 1.32. The normalized spacial score (nSPS) is 17.4. The van der Waals surface area contributed by atoms with E-state index in [1.807, 2.05) is 4.90 Å². The molecule has 2 aromatic rings. The van der Waals surface area contributed by atoms with Crippen molar-refractivity contribution in [3.8, 4) is 0 Å². The first-order valence-electron chi connectivity index (χ1n) is 10.0. The van der Waals surface area contributed by atoms with Gasteiger partial charge in [-0.05, 0) is 19.8 Å². The number of hydrogen-bond acceptors (Lipinski definition) is 8. The van der Waals surface area contributed by atoms with Crippen LogP contribution in [0, 0.1) is 6.92 Å². The fourth-order valence-corrected chi connectivity index (χ4v) is 3.82. The molecule has 0 radical (unpaired) electrons. The molecule has 0 aromatic carbocycles. The third-order valence-electron chi connectivity index (χ3n) is 5.25. The molecule has 160 valence electrons. The Morgan fingerprint density at radius 1 is 1.17 bits per heavy atom. The summed E-state index contributed by atoms with van der Waals surface area (Å²) in [5.74, 6) is 1.22. The molecule has 2 saturated heterocycles. The Labute approximate surface area is 179 Å². The van der Waals surface area contributed by atoms with E-state index in [9.17, 15) is 9.59 Å². The topological polar surface area (TPSA) is 108 Å². The minimum atomic E-state index is -0.204. The fraction of sp³-hybridized carbons (Fsp3) is 0.526. The Kier molecular flexibility index (Phi) is 6.14. The van der Waals surface area contributed by atoms with E-state index in [1.54, 1.807) is 17.9 Å². The van der Waals surface area contributed by atoms with Gasteiger partial charge in [-0.3, -0.25) is 14.5 Å². The molecule has 4 heterocycles. The maximum Gasteiger partial charge on any atom is 0.274 e. The van der Waals surface area contributed by atoms with Crippen molar-refractivity contribution in [3.63, 3.8) is 0 Å². The molecule has 10 nitrogen and oxygen atoms in total. The van der Waals surface area contributed by atoms with Crippen molar-refractivity contribution >= 4 is 35.2 Å². The second-order valence-electron chi connectivity index (χ2n) is 7.50. The summed E-state index contributed by atoms with van der Waals surface area (Å²) in [6.07, 6.45) is 3.70. The van der Waals surface area contributed by atoms with Crippen LogP contribution >= 0.6 is 11.6 Å². The largest absolute Gasteiger partial charge is 0.360 e. The van der Waals surface area contributed by atoms with Crippen molar-refractivity contribution in [2.75, 3.05) is 56.0 Å². The van der Waals surface area contributed by atoms with Crippen molar-refractivity contribution in [1.29, 1.82) is 0 Å². The summed E-state index contributed by atoms with van der Waals surface area (Å²) in [4.78, 5) is 39.7. The predicted octanol–water partition coefficient (Wildman–Crippen LogP) is 1.42. The lowest BCUT2D eigenvalue weighted by molar-refractivity contribution is -0.117. The van der Waals surface area contributed by atoms with Gasteiger partial charge in [-0.1, -0.05) is 16.8 Å². The molecule has 0 atom stereocenters. The number of nitrogens with zero attached hydrogens (tertiary/aromatic N) is 6. The lowest BCUT2D eigenvalue weighted by Gasteiger charge is -2.34. The first-order chi connectivity index (χ1) is 14.5. The molecule has 0 saturated carbocycles. The Morgan fingerprint density at radius 2 is 1.90 bits per heavy atom. The van der Waals surface area contributed by atoms with E-state index >= 15 is 0 Å². The molecule has 2 aliphatic heterocycles. The minimum Gasteiger partial charge on any atom is -0.360 e. The first-order valence-corrected chi connectivity index (χ1v) is 10.4. The number of rotatable bonds is 5. The second-order valence-corrected chi connectivity index (χ2v) is 7.91.